The molecule has 0 N–H and O–H groups in total. The molecular formula is C23H31N5O3S2. The third-order valence-corrected chi connectivity index (χ3v) is 7.46. The molecule has 3 heterocycles. The van der Waals surface area contributed by atoms with Crippen LogP contribution in [0.4, 0.5) is 5.82 Å². The predicted molar refractivity (Wildman–Crippen MR) is 137 cm³/mol. The molecular weight excluding hydrogens is 458 g/mol. The van der Waals surface area contributed by atoms with E-state index >= 15 is 0 Å². The Balaban J connectivity index is 2.16. The maximum Gasteiger partial charge on any atom is 0.270 e. The lowest BCUT2D eigenvalue weighted by molar-refractivity contribution is -0.122. The SMILES string of the molecule is CCCn1c(N2CCN(CC)CC2)c(/C=C2\SC(=S)N(CCOC)C2=O)c(C)c(C#N)c1=O. The fourth-order valence-electron chi connectivity index (χ4n) is 4.20. The number of rotatable bonds is 8. The summed E-state index contributed by atoms with van der Waals surface area (Å²) in [6, 6.07) is 2.10. The van der Waals surface area contributed by atoms with Gasteiger partial charge in [0.2, 0.25) is 0 Å². The van der Waals surface area contributed by atoms with Gasteiger partial charge < -0.3 is 14.5 Å². The number of nitriles is 1. The first-order chi connectivity index (χ1) is 15.9. The number of thiocarbonyl (C=S) groups is 1. The third-order valence-electron chi connectivity index (χ3n) is 6.08. The van der Waals surface area contributed by atoms with Gasteiger partial charge >= 0.3 is 0 Å². The zero-order chi connectivity index (χ0) is 24.1. The minimum Gasteiger partial charge on any atom is -0.383 e. The lowest BCUT2D eigenvalue weighted by Crippen LogP contribution is -2.48. The zero-order valence-corrected chi connectivity index (χ0v) is 21.4. The van der Waals surface area contributed by atoms with Gasteiger partial charge in [0.1, 0.15) is 21.8 Å². The molecule has 1 amide bonds. The summed E-state index contributed by atoms with van der Waals surface area (Å²) in [6.07, 6.45) is 2.57. The summed E-state index contributed by atoms with van der Waals surface area (Å²) < 4.78 is 7.31. The molecule has 0 aliphatic carbocycles. The average Bonchev–Trinajstić information content (AvgIpc) is 3.08. The summed E-state index contributed by atoms with van der Waals surface area (Å²) in [6.45, 7) is 11.6. The lowest BCUT2D eigenvalue weighted by Gasteiger charge is -2.37. The first-order valence-corrected chi connectivity index (χ1v) is 12.5. The molecule has 8 nitrogen and oxygen atoms in total. The van der Waals surface area contributed by atoms with Crippen molar-refractivity contribution in [1.82, 2.24) is 14.4 Å². The van der Waals surface area contributed by atoms with Gasteiger partial charge in [0.15, 0.2) is 0 Å². The molecule has 0 radical (unpaired) electrons. The van der Waals surface area contributed by atoms with E-state index in [0.29, 0.717) is 34.5 Å². The Morgan fingerprint density at radius 2 is 1.88 bits per heavy atom. The van der Waals surface area contributed by atoms with Crippen molar-refractivity contribution in [2.75, 3.05) is 57.9 Å². The highest BCUT2D eigenvalue weighted by atomic mass is 32.2. The molecule has 0 unspecified atom stereocenters. The van der Waals surface area contributed by atoms with Crippen molar-refractivity contribution in [3.05, 3.63) is 31.9 Å². The van der Waals surface area contributed by atoms with Crippen molar-refractivity contribution >= 4 is 46.1 Å². The molecule has 3 rings (SSSR count). The number of aromatic nitrogens is 1. The molecule has 10 heteroatoms. The van der Waals surface area contributed by atoms with E-state index in [1.165, 1.54) is 16.7 Å². The van der Waals surface area contributed by atoms with Crippen LogP contribution in [0, 0.1) is 18.3 Å². The number of likely N-dealkylation sites (N-methyl/N-ethyl adjacent to an activating group) is 1. The number of carbonyl (C=O) groups excluding carboxylic acids is 1. The van der Waals surface area contributed by atoms with Crippen LogP contribution in [0.2, 0.25) is 0 Å². The molecule has 2 aliphatic rings. The van der Waals surface area contributed by atoms with E-state index in [9.17, 15) is 14.9 Å². The second-order valence-corrected chi connectivity index (χ2v) is 9.73. The van der Waals surface area contributed by atoms with Gasteiger partial charge in [-0.2, -0.15) is 5.26 Å². The number of carbonyl (C=O) groups is 1. The minimum absolute atomic E-state index is 0.125. The van der Waals surface area contributed by atoms with Crippen LogP contribution in [-0.4, -0.2) is 77.6 Å². The van der Waals surface area contributed by atoms with Gasteiger partial charge in [-0.05, 0) is 31.5 Å². The molecule has 0 saturated carbocycles. The Hall–Kier alpha value is -2.19. The van der Waals surface area contributed by atoms with Crippen molar-refractivity contribution in [3.63, 3.8) is 0 Å². The average molecular weight is 490 g/mol. The largest absolute Gasteiger partial charge is 0.383 e. The Labute approximate surface area is 204 Å². The molecule has 1 aromatic rings. The summed E-state index contributed by atoms with van der Waals surface area (Å²) in [5.41, 5.74) is 1.21. The number of piperazine rings is 1. The smallest absolute Gasteiger partial charge is 0.270 e. The van der Waals surface area contributed by atoms with Crippen LogP contribution in [-0.2, 0) is 16.1 Å². The van der Waals surface area contributed by atoms with Crippen molar-refractivity contribution in [2.45, 2.75) is 33.7 Å². The molecule has 0 aromatic carbocycles. The number of anilines is 1. The monoisotopic (exact) mass is 489 g/mol. The van der Waals surface area contributed by atoms with Crippen molar-refractivity contribution in [3.8, 4) is 6.07 Å². The van der Waals surface area contributed by atoms with E-state index in [1.54, 1.807) is 18.6 Å². The van der Waals surface area contributed by atoms with Crippen LogP contribution < -0.4 is 10.5 Å². The van der Waals surface area contributed by atoms with E-state index in [2.05, 4.69) is 22.8 Å². The number of hydrogen-bond acceptors (Lipinski definition) is 8. The molecule has 2 aliphatic heterocycles. The molecule has 1 aromatic heterocycles. The van der Waals surface area contributed by atoms with Crippen LogP contribution in [0.15, 0.2) is 9.70 Å². The molecule has 0 bridgehead atoms. The second kappa shape index (κ2) is 11.3. The van der Waals surface area contributed by atoms with Crippen molar-refractivity contribution in [2.24, 2.45) is 0 Å². The number of nitrogens with zero attached hydrogens (tertiary/aromatic N) is 5. The molecule has 2 saturated heterocycles. The number of methoxy groups -OCH3 is 1. The molecule has 0 atom stereocenters. The van der Waals surface area contributed by atoms with Gasteiger partial charge in [-0.15, -0.1) is 0 Å². The Kier molecular flexibility index (Phi) is 8.70. The Morgan fingerprint density at radius 1 is 1.18 bits per heavy atom. The Morgan fingerprint density at radius 3 is 2.45 bits per heavy atom. The number of pyridine rings is 1. The van der Waals surface area contributed by atoms with E-state index in [-0.39, 0.29) is 17.0 Å². The first-order valence-electron chi connectivity index (χ1n) is 11.3. The minimum atomic E-state index is -0.269. The van der Waals surface area contributed by atoms with Crippen LogP contribution >= 0.6 is 24.0 Å². The molecule has 33 heavy (non-hydrogen) atoms. The summed E-state index contributed by atoms with van der Waals surface area (Å²) in [4.78, 5) is 32.9. The number of thioether (sulfide) groups is 1. The van der Waals surface area contributed by atoms with Crippen molar-refractivity contribution < 1.29 is 9.53 Å². The van der Waals surface area contributed by atoms with E-state index in [0.717, 1.165) is 50.5 Å². The van der Waals surface area contributed by atoms with Gasteiger partial charge in [0.05, 0.1) is 18.1 Å². The summed E-state index contributed by atoms with van der Waals surface area (Å²) in [5, 5.41) is 9.76. The predicted octanol–water partition coefficient (Wildman–Crippen LogP) is 2.43. The van der Waals surface area contributed by atoms with Crippen LogP contribution in [0.25, 0.3) is 6.08 Å². The molecule has 2 fully saturated rings. The lowest BCUT2D eigenvalue weighted by atomic mass is 10.0. The fraction of sp³-hybridized carbons (Fsp3) is 0.565. The number of hydrogen-bond donors (Lipinski definition) is 0. The summed E-state index contributed by atoms with van der Waals surface area (Å²) in [5.74, 6) is 0.617. The second-order valence-electron chi connectivity index (χ2n) is 8.05. The highest BCUT2D eigenvalue weighted by Crippen LogP contribution is 2.36. The quantitative estimate of drug-likeness (QED) is 0.407. The first kappa shape index (κ1) is 25.4. The van der Waals surface area contributed by atoms with E-state index in [1.807, 2.05) is 13.0 Å². The summed E-state index contributed by atoms with van der Waals surface area (Å²) in [7, 11) is 1.59. The zero-order valence-electron chi connectivity index (χ0n) is 19.7. The van der Waals surface area contributed by atoms with Gasteiger partial charge in [0, 0.05) is 45.4 Å². The molecule has 178 valence electrons. The van der Waals surface area contributed by atoms with Crippen molar-refractivity contribution in [1.29, 1.82) is 5.26 Å². The van der Waals surface area contributed by atoms with E-state index in [4.69, 9.17) is 17.0 Å². The van der Waals surface area contributed by atoms with Gasteiger partial charge in [-0.1, -0.05) is 37.8 Å². The number of amides is 1. The Bertz CT molecular complexity index is 1050. The highest BCUT2D eigenvalue weighted by Gasteiger charge is 2.33. The fourth-order valence-corrected chi connectivity index (χ4v) is 5.49. The number of ether oxygens (including phenoxy) is 1. The van der Waals surface area contributed by atoms with Crippen LogP contribution in [0.1, 0.15) is 37.0 Å². The maximum atomic E-state index is 13.2. The summed E-state index contributed by atoms with van der Waals surface area (Å²) >= 11 is 6.67. The molecule has 0 spiro atoms. The normalized spacial score (nSPS) is 18.5. The highest BCUT2D eigenvalue weighted by molar-refractivity contribution is 8.26. The maximum absolute atomic E-state index is 13.2. The standard InChI is InChI=1S/C23H31N5O3S2/c1-5-7-27-20(26-10-8-25(6-2)9-11-26)17(16(3)18(15-24)21(27)29)14-19-22(30)28(12-13-31-4)23(32)33-19/h14H,5-13H2,1-4H3/b19-14-. The third kappa shape index (κ3) is 5.17. The topological polar surface area (TPSA) is 81.8 Å². The van der Waals surface area contributed by atoms with E-state index < -0.39 is 0 Å². The van der Waals surface area contributed by atoms with Gasteiger partial charge in [-0.3, -0.25) is 19.1 Å². The van der Waals surface area contributed by atoms with Crippen LogP contribution in [0.5, 0.6) is 0 Å². The van der Waals surface area contributed by atoms with Gasteiger partial charge in [-0.25, -0.2) is 0 Å². The van der Waals surface area contributed by atoms with Gasteiger partial charge in [0.25, 0.3) is 11.5 Å². The van der Waals surface area contributed by atoms with Crippen LogP contribution in [0.3, 0.4) is 0 Å².